The number of hydrogen-bond acceptors (Lipinski definition) is 6. The smallest absolute Gasteiger partial charge is 0.227 e. The number of imidazole rings is 2. The van der Waals surface area contributed by atoms with Crippen LogP contribution in [-0.4, -0.2) is 57.5 Å². The lowest BCUT2D eigenvalue weighted by Crippen LogP contribution is -2.32. The Bertz CT molecular complexity index is 1940. The van der Waals surface area contributed by atoms with E-state index in [1.54, 1.807) is 13.5 Å². The molecule has 9 nitrogen and oxygen atoms in total. The fourth-order valence-corrected chi connectivity index (χ4v) is 7.61. The molecule has 2 aromatic heterocycles. The number of hydrogen-bond donors (Lipinski definition) is 3. The van der Waals surface area contributed by atoms with Crippen LogP contribution >= 0.6 is 0 Å². The fraction of sp³-hybridized carbons (Fsp3) is 0.405. The second-order valence-corrected chi connectivity index (χ2v) is 13.8. The quantitative estimate of drug-likeness (QED) is 0.187. The van der Waals surface area contributed by atoms with E-state index in [1.807, 2.05) is 24.9 Å². The number of H-pyrrole nitrogens is 2. The first-order chi connectivity index (χ1) is 22.3. The largest absolute Gasteiger partial charge is 0.488 e. The number of rotatable bonds is 7. The summed E-state index contributed by atoms with van der Waals surface area (Å²) in [6.45, 7) is 9.24. The van der Waals surface area contributed by atoms with Crippen LogP contribution < -0.4 is 10.1 Å². The highest BCUT2D eigenvalue weighted by molar-refractivity contribution is 6.07. The number of nitrogens with zero attached hydrogens (tertiary/aromatic N) is 3. The molecule has 5 heterocycles. The van der Waals surface area contributed by atoms with Gasteiger partial charge >= 0.3 is 0 Å². The molecule has 0 unspecified atom stereocenters. The predicted octanol–water partition coefficient (Wildman–Crippen LogP) is 6.73. The summed E-state index contributed by atoms with van der Waals surface area (Å²) in [5, 5.41) is 5.87. The van der Waals surface area contributed by atoms with Gasteiger partial charge in [0.15, 0.2) is 0 Å². The van der Waals surface area contributed by atoms with E-state index in [4.69, 9.17) is 19.4 Å². The number of methoxy groups -OCH3 is 1. The second kappa shape index (κ2) is 11.5. The molecule has 3 aliphatic rings. The minimum Gasteiger partial charge on any atom is -0.488 e. The van der Waals surface area contributed by atoms with Crippen molar-refractivity contribution in [3.63, 3.8) is 0 Å². The van der Waals surface area contributed by atoms with E-state index in [1.165, 1.54) is 5.56 Å². The van der Waals surface area contributed by atoms with Gasteiger partial charge in [-0.15, -0.1) is 0 Å². The first-order valence-electron chi connectivity index (χ1n) is 16.5. The average Bonchev–Trinajstić information content (AvgIpc) is 3.85. The fourth-order valence-electron chi connectivity index (χ4n) is 7.61. The van der Waals surface area contributed by atoms with Crippen LogP contribution in [0.25, 0.3) is 44.2 Å². The Kier molecular flexibility index (Phi) is 7.33. The zero-order valence-electron chi connectivity index (χ0n) is 26.9. The van der Waals surface area contributed by atoms with Gasteiger partial charge in [0.2, 0.25) is 5.91 Å². The number of nitrogens with one attached hydrogen (secondary N) is 3. The number of likely N-dealkylation sites (tertiary alicyclic amines) is 1. The molecule has 0 spiro atoms. The zero-order valence-corrected chi connectivity index (χ0v) is 26.9. The van der Waals surface area contributed by atoms with Crippen LogP contribution in [0.5, 0.6) is 5.75 Å². The molecule has 46 heavy (non-hydrogen) atoms. The van der Waals surface area contributed by atoms with Crippen molar-refractivity contribution in [2.45, 2.75) is 52.3 Å². The molecular weight excluding hydrogens is 576 g/mol. The third-order valence-electron chi connectivity index (χ3n) is 9.82. The molecule has 3 aromatic carbocycles. The number of fused-ring (bicyclic) bond motifs is 6. The minimum atomic E-state index is -0.0354. The van der Waals surface area contributed by atoms with Crippen molar-refractivity contribution < 1.29 is 14.3 Å². The van der Waals surface area contributed by atoms with E-state index in [0.717, 1.165) is 94.1 Å². The number of carbonyl (C=O) groups is 1. The Morgan fingerprint density at radius 1 is 1.11 bits per heavy atom. The van der Waals surface area contributed by atoms with Gasteiger partial charge in [0.25, 0.3) is 0 Å². The molecule has 8 rings (SSSR count). The summed E-state index contributed by atoms with van der Waals surface area (Å²) < 4.78 is 11.8. The number of carbonyl (C=O) groups excluding carboxylic acids is 1. The van der Waals surface area contributed by atoms with Crippen molar-refractivity contribution in [2.24, 2.45) is 17.8 Å². The van der Waals surface area contributed by atoms with E-state index in [0.29, 0.717) is 18.4 Å². The van der Waals surface area contributed by atoms with Crippen molar-refractivity contribution in [2.75, 3.05) is 26.8 Å². The maximum absolute atomic E-state index is 13.0. The van der Waals surface area contributed by atoms with Gasteiger partial charge in [-0.25, -0.2) is 9.97 Å². The first-order valence-corrected chi connectivity index (χ1v) is 16.5. The molecule has 0 bridgehead atoms. The van der Waals surface area contributed by atoms with Crippen molar-refractivity contribution in [1.29, 1.82) is 0 Å². The van der Waals surface area contributed by atoms with Gasteiger partial charge in [-0.1, -0.05) is 39.0 Å². The molecule has 2 saturated heterocycles. The molecule has 0 aliphatic carbocycles. The number of aromatic amines is 2. The number of ether oxygens (including phenoxy) is 2. The third-order valence-corrected chi connectivity index (χ3v) is 9.82. The zero-order chi connectivity index (χ0) is 31.5. The van der Waals surface area contributed by atoms with Crippen molar-refractivity contribution in [3.8, 4) is 28.1 Å². The SMILES string of the molecule is COC[C@@H]1CN[C@H](c2nc3ccc4cc5c(cc4c3[nH]2)OCc2cc(-c3cnc([C@@H]4C[C@H](C)CN4C(=O)[CH]C(C)C)[nH]3)ccc2-5)C1. The van der Waals surface area contributed by atoms with Crippen LogP contribution in [0.3, 0.4) is 0 Å². The summed E-state index contributed by atoms with van der Waals surface area (Å²) in [4.78, 5) is 31.8. The second-order valence-electron chi connectivity index (χ2n) is 13.8. The van der Waals surface area contributed by atoms with Crippen molar-refractivity contribution in [3.05, 3.63) is 72.3 Å². The van der Waals surface area contributed by atoms with Crippen LogP contribution in [0, 0.1) is 24.2 Å². The summed E-state index contributed by atoms with van der Waals surface area (Å²) in [5.74, 6) is 3.96. The summed E-state index contributed by atoms with van der Waals surface area (Å²) in [6.07, 6.45) is 5.62. The van der Waals surface area contributed by atoms with Crippen molar-refractivity contribution in [1.82, 2.24) is 30.2 Å². The molecule has 2 fully saturated rings. The highest BCUT2D eigenvalue weighted by Crippen LogP contribution is 2.43. The van der Waals surface area contributed by atoms with Crippen LogP contribution in [0.1, 0.15) is 62.9 Å². The molecule has 9 heteroatoms. The molecular formula is C37H41N6O3. The van der Waals surface area contributed by atoms with Crippen LogP contribution in [0.15, 0.2) is 48.7 Å². The minimum absolute atomic E-state index is 0.0354. The van der Waals surface area contributed by atoms with Gasteiger partial charge in [0.05, 0.1) is 48.0 Å². The molecule has 4 atom stereocenters. The van der Waals surface area contributed by atoms with E-state index < -0.39 is 0 Å². The Morgan fingerprint density at radius 3 is 2.85 bits per heavy atom. The summed E-state index contributed by atoms with van der Waals surface area (Å²) >= 11 is 0. The maximum atomic E-state index is 13.0. The Balaban J connectivity index is 1.07. The van der Waals surface area contributed by atoms with Gasteiger partial charge in [-0.3, -0.25) is 4.79 Å². The van der Waals surface area contributed by atoms with Crippen LogP contribution in [-0.2, 0) is 16.1 Å². The maximum Gasteiger partial charge on any atom is 0.227 e. The van der Waals surface area contributed by atoms with Gasteiger partial charge in [0, 0.05) is 31.1 Å². The first kappa shape index (κ1) is 29.2. The van der Waals surface area contributed by atoms with Gasteiger partial charge < -0.3 is 29.7 Å². The molecule has 0 saturated carbocycles. The Morgan fingerprint density at radius 2 is 2.00 bits per heavy atom. The van der Waals surface area contributed by atoms with Gasteiger partial charge in [0.1, 0.15) is 24.0 Å². The van der Waals surface area contributed by atoms with E-state index in [9.17, 15) is 4.79 Å². The lowest BCUT2D eigenvalue weighted by atomic mass is 9.92. The number of benzene rings is 3. The Hall–Kier alpha value is -4.21. The topological polar surface area (TPSA) is 108 Å². The normalized spacial score (nSPS) is 22.5. The van der Waals surface area contributed by atoms with Crippen LogP contribution in [0.4, 0.5) is 0 Å². The summed E-state index contributed by atoms with van der Waals surface area (Å²) in [7, 11) is 1.76. The average molecular weight is 618 g/mol. The standard InChI is InChI=1S/C37H41N6O3/c1-20(2)9-34(44)43-17-21(3)10-32(43)37-39-16-31(41-37)24-5-7-26-25(12-24)19-46-33-14-27-23(13-28(26)33)6-8-29-35(27)42-36(40-29)30-11-22(15-38-30)18-45-4/h5-9,12-14,16,20-22,30,32,38H,10-11,15,17-19H2,1-4H3,(H,39,41)(H,40,42)/t21-,22-,30-,32-/m0/s1. The Labute approximate surface area is 269 Å². The molecule has 5 aromatic rings. The molecule has 3 aliphatic heterocycles. The molecule has 1 amide bonds. The highest BCUT2D eigenvalue weighted by Gasteiger charge is 2.36. The summed E-state index contributed by atoms with van der Waals surface area (Å²) in [6, 6.07) is 15.4. The van der Waals surface area contributed by atoms with E-state index in [-0.39, 0.29) is 23.9 Å². The van der Waals surface area contributed by atoms with Gasteiger partial charge in [-0.2, -0.15) is 0 Å². The van der Waals surface area contributed by atoms with Crippen molar-refractivity contribution >= 4 is 27.7 Å². The monoisotopic (exact) mass is 617 g/mol. The third kappa shape index (κ3) is 5.15. The number of amides is 1. The molecule has 1 radical (unpaired) electrons. The van der Waals surface area contributed by atoms with Gasteiger partial charge in [-0.05, 0) is 76.9 Å². The van der Waals surface area contributed by atoms with Crippen LogP contribution in [0.2, 0.25) is 0 Å². The number of aromatic nitrogens is 4. The predicted molar refractivity (Wildman–Crippen MR) is 179 cm³/mol. The molecule has 3 N–H and O–H groups in total. The van der Waals surface area contributed by atoms with E-state index >= 15 is 0 Å². The summed E-state index contributed by atoms with van der Waals surface area (Å²) in [5.41, 5.74) is 7.44. The van der Waals surface area contributed by atoms with E-state index in [2.05, 4.69) is 64.7 Å². The lowest BCUT2D eigenvalue weighted by molar-refractivity contribution is -0.129. The highest BCUT2D eigenvalue weighted by atomic mass is 16.5. The molecule has 237 valence electrons. The lowest BCUT2D eigenvalue weighted by Gasteiger charge is -2.24.